The molecule has 1 fully saturated rings. The molecule has 4 rings (SSSR count). The molecule has 1 aliphatic rings. The molecule has 0 saturated carbocycles. The van der Waals surface area contributed by atoms with Gasteiger partial charge >= 0.3 is 6.03 Å². The molecule has 8 heteroatoms. The first-order chi connectivity index (χ1) is 17.7. The molecule has 3 aromatic carbocycles. The van der Waals surface area contributed by atoms with Gasteiger partial charge in [-0.15, -0.1) is 0 Å². The van der Waals surface area contributed by atoms with Gasteiger partial charge < -0.3 is 9.47 Å². The number of nitrogens with one attached hydrogen (secondary N) is 1. The normalized spacial score (nSPS) is 14.7. The quantitative estimate of drug-likeness (QED) is 0.206. The van der Waals surface area contributed by atoms with Crippen LogP contribution >= 0.6 is 22.6 Å². The summed E-state index contributed by atoms with van der Waals surface area (Å²) in [4.78, 5) is 39.7. The lowest BCUT2D eigenvalue weighted by Crippen LogP contribution is -2.54. The minimum absolute atomic E-state index is 0.146. The van der Waals surface area contributed by atoms with Crippen LogP contribution in [0.2, 0.25) is 0 Å². The number of carbonyl (C=O) groups is 3. The van der Waals surface area contributed by atoms with Crippen LogP contribution in [0.1, 0.15) is 34.7 Å². The Bertz CT molecular complexity index is 1430. The van der Waals surface area contributed by atoms with Crippen LogP contribution in [0.4, 0.5) is 10.5 Å². The second kappa shape index (κ2) is 11.2. The summed E-state index contributed by atoms with van der Waals surface area (Å²) in [6.45, 7) is 8.40. The second-order valence-electron chi connectivity index (χ2n) is 8.72. The van der Waals surface area contributed by atoms with E-state index < -0.39 is 17.8 Å². The minimum Gasteiger partial charge on any atom is -0.490 e. The molecular formula is C29H27IN2O5. The van der Waals surface area contributed by atoms with E-state index in [1.165, 1.54) is 6.08 Å². The Morgan fingerprint density at radius 2 is 1.73 bits per heavy atom. The molecule has 4 amide bonds. The van der Waals surface area contributed by atoms with E-state index in [0.717, 1.165) is 30.7 Å². The maximum Gasteiger partial charge on any atom is 0.335 e. The number of nitrogens with zero attached hydrogens (tertiary/aromatic N) is 1. The van der Waals surface area contributed by atoms with Crippen molar-refractivity contribution in [2.75, 3.05) is 11.5 Å². The summed E-state index contributed by atoms with van der Waals surface area (Å²) < 4.78 is 12.7. The van der Waals surface area contributed by atoms with Gasteiger partial charge in [0.15, 0.2) is 11.5 Å². The number of carbonyl (C=O) groups excluding carboxylic acids is 3. The Hall–Kier alpha value is -3.66. The van der Waals surface area contributed by atoms with E-state index in [1.807, 2.05) is 52.0 Å². The molecule has 0 unspecified atom stereocenters. The van der Waals surface area contributed by atoms with Gasteiger partial charge in [-0.25, -0.2) is 9.69 Å². The predicted octanol–water partition coefficient (Wildman–Crippen LogP) is 5.86. The molecule has 0 radical (unpaired) electrons. The van der Waals surface area contributed by atoms with Crippen molar-refractivity contribution in [3.63, 3.8) is 0 Å². The number of imide groups is 2. The lowest BCUT2D eigenvalue weighted by atomic mass is 10.0. The smallest absolute Gasteiger partial charge is 0.335 e. The zero-order valence-corrected chi connectivity index (χ0v) is 23.2. The third-order valence-electron chi connectivity index (χ3n) is 6.03. The van der Waals surface area contributed by atoms with E-state index in [9.17, 15) is 14.4 Å². The lowest BCUT2D eigenvalue weighted by Gasteiger charge is -2.28. The van der Waals surface area contributed by atoms with E-state index in [4.69, 9.17) is 9.47 Å². The summed E-state index contributed by atoms with van der Waals surface area (Å²) in [6, 6.07) is 16.2. The Morgan fingerprint density at radius 1 is 0.973 bits per heavy atom. The maximum atomic E-state index is 13.4. The van der Waals surface area contributed by atoms with E-state index in [0.29, 0.717) is 36.0 Å². The van der Waals surface area contributed by atoms with Crippen LogP contribution in [-0.2, 0) is 16.2 Å². The van der Waals surface area contributed by atoms with Crippen molar-refractivity contribution in [3.05, 3.63) is 91.6 Å². The number of benzene rings is 3. The molecule has 0 atom stereocenters. The van der Waals surface area contributed by atoms with Gasteiger partial charge in [0.1, 0.15) is 12.2 Å². The van der Waals surface area contributed by atoms with Gasteiger partial charge in [-0.3, -0.25) is 14.9 Å². The number of aryl methyl sites for hydroxylation is 2. The third kappa shape index (κ3) is 5.69. The molecule has 37 heavy (non-hydrogen) atoms. The van der Waals surface area contributed by atoms with Crippen LogP contribution in [0.3, 0.4) is 0 Å². The van der Waals surface area contributed by atoms with Gasteiger partial charge in [-0.2, -0.15) is 0 Å². The highest BCUT2D eigenvalue weighted by atomic mass is 127. The van der Waals surface area contributed by atoms with E-state index >= 15 is 0 Å². The van der Waals surface area contributed by atoms with E-state index in [1.54, 1.807) is 24.3 Å². The number of ether oxygens (including phenoxy) is 2. The van der Waals surface area contributed by atoms with Crippen molar-refractivity contribution in [2.24, 2.45) is 0 Å². The Kier molecular flexibility index (Phi) is 7.97. The standard InChI is InChI=1S/C29H27IN2O5/c1-5-36-25-15-21(14-23(30)26(25)37-16-20-10-6-8-17(2)12-20)13-22-27(33)31-29(35)32(28(22)34)24-11-7-9-18(3)19(24)4/h6-15H,5,16H2,1-4H3,(H,31,33,35)/b22-13+. The average Bonchev–Trinajstić information content (AvgIpc) is 2.84. The first-order valence-electron chi connectivity index (χ1n) is 11.8. The van der Waals surface area contributed by atoms with Gasteiger partial charge in [-0.1, -0.05) is 42.0 Å². The number of barbiturate groups is 1. The van der Waals surface area contributed by atoms with Crippen molar-refractivity contribution in [3.8, 4) is 11.5 Å². The fraction of sp³-hybridized carbons (Fsp3) is 0.207. The maximum absolute atomic E-state index is 13.4. The average molecular weight is 610 g/mol. The Balaban J connectivity index is 1.68. The van der Waals surface area contributed by atoms with Crippen LogP contribution in [0.5, 0.6) is 11.5 Å². The molecule has 7 nitrogen and oxygen atoms in total. The zero-order chi connectivity index (χ0) is 26.7. The molecule has 0 aliphatic carbocycles. The molecular weight excluding hydrogens is 583 g/mol. The summed E-state index contributed by atoms with van der Waals surface area (Å²) in [7, 11) is 0. The SMILES string of the molecule is CCOc1cc(/C=C2\C(=O)NC(=O)N(c3cccc(C)c3C)C2=O)cc(I)c1OCc1cccc(C)c1. The second-order valence-corrected chi connectivity index (χ2v) is 9.88. The highest BCUT2D eigenvalue weighted by molar-refractivity contribution is 14.1. The fourth-order valence-electron chi connectivity index (χ4n) is 4.05. The van der Waals surface area contributed by atoms with Crippen LogP contribution in [0.15, 0.2) is 60.2 Å². The first-order valence-corrected chi connectivity index (χ1v) is 12.9. The molecule has 0 aromatic heterocycles. The molecule has 1 aliphatic heterocycles. The van der Waals surface area contributed by atoms with Crippen molar-refractivity contribution in [1.82, 2.24) is 5.32 Å². The zero-order valence-electron chi connectivity index (χ0n) is 21.1. The van der Waals surface area contributed by atoms with Gasteiger partial charge in [0.05, 0.1) is 15.9 Å². The highest BCUT2D eigenvalue weighted by Gasteiger charge is 2.37. The number of rotatable bonds is 7. The highest BCUT2D eigenvalue weighted by Crippen LogP contribution is 2.36. The summed E-state index contributed by atoms with van der Waals surface area (Å²) >= 11 is 2.15. The molecule has 1 saturated heterocycles. The summed E-state index contributed by atoms with van der Waals surface area (Å²) in [5.74, 6) is -0.350. The van der Waals surface area contributed by atoms with Crippen LogP contribution in [-0.4, -0.2) is 24.5 Å². The van der Waals surface area contributed by atoms with Gasteiger partial charge in [0.2, 0.25) is 0 Å². The van der Waals surface area contributed by atoms with Crippen LogP contribution < -0.4 is 19.7 Å². The fourth-order valence-corrected chi connectivity index (χ4v) is 4.83. The molecule has 3 aromatic rings. The molecule has 190 valence electrons. The van der Waals surface area contributed by atoms with Crippen LogP contribution in [0, 0.1) is 24.3 Å². The summed E-state index contributed by atoms with van der Waals surface area (Å²) in [5.41, 5.74) is 4.75. The minimum atomic E-state index is -0.773. The number of amides is 4. The predicted molar refractivity (Wildman–Crippen MR) is 151 cm³/mol. The number of halogens is 1. The van der Waals surface area contributed by atoms with Crippen molar-refractivity contribution in [1.29, 1.82) is 0 Å². The molecule has 0 bridgehead atoms. The van der Waals surface area contributed by atoms with Gasteiger partial charge in [0.25, 0.3) is 11.8 Å². The van der Waals surface area contributed by atoms with Crippen LogP contribution in [0.25, 0.3) is 6.08 Å². The summed E-state index contributed by atoms with van der Waals surface area (Å²) in [6.07, 6.45) is 1.47. The largest absolute Gasteiger partial charge is 0.490 e. The molecule has 0 spiro atoms. The van der Waals surface area contributed by atoms with Crippen molar-refractivity contribution in [2.45, 2.75) is 34.3 Å². The number of anilines is 1. The monoisotopic (exact) mass is 610 g/mol. The number of hydrogen-bond acceptors (Lipinski definition) is 5. The topological polar surface area (TPSA) is 84.9 Å². The number of hydrogen-bond donors (Lipinski definition) is 1. The third-order valence-corrected chi connectivity index (χ3v) is 6.83. The van der Waals surface area contributed by atoms with Crippen molar-refractivity contribution < 1.29 is 23.9 Å². The molecule has 1 N–H and O–H groups in total. The lowest BCUT2D eigenvalue weighted by molar-refractivity contribution is -0.122. The van der Waals surface area contributed by atoms with E-state index in [-0.39, 0.29) is 5.57 Å². The van der Waals surface area contributed by atoms with E-state index in [2.05, 4.69) is 34.0 Å². The van der Waals surface area contributed by atoms with Crippen molar-refractivity contribution >= 4 is 52.2 Å². The number of urea groups is 1. The van der Waals surface area contributed by atoms with Gasteiger partial charge in [0, 0.05) is 0 Å². The Morgan fingerprint density at radius 3 is 2.46 bits per heavy atom. The Labute approximate surface area is 229 Å². The first kappa shape index (κ1) is 26.4. The van der Waals surface area contributed by atoms with Gasteiger partial charge in [-0.05, 0) is 96.8 Å². The summed E-state index contributed by atoms with van der Waals surface area (Å²) in [5, 5.41) is 2.29. The molecule has 1 heterocycles.